The van der Waals surface area contributed by atoms with E-state index in [1.165, 1.54) is 0 Å². The molecule has 0 aromatic heterocycles. The van der Waals surface area contributed by atoms with Crippen molar-refractivity contribution in [3.8, 4) is 0 Å². The van der Waals surface area contributed by atoms with Crippen LogP contribution in [0.5, 0.6) is 0 Å². The molecule has 3 rings (SSSR count). The average Bonchev–Trinajstić information content (AvgIpc) is 2.76. The molecule has 2 fully saturated rings. The Bertz CT molecular complexity index is 522. The van der Waals surface area contributed by atoms with Crippen LogP contribution in [0.25, 0.3) is 0 Å². The van der Waals surface area contributed by atoms with Crippen LogP contribution >= 0.6 is 0 Å². The Hall–Kier alpha value is -1.59. The highest BCUT2D eigenvalue weighted by molar-refractivity contribution is 5.67. The minimum atomic E-state index is -0.212. The van der Waals surface area contributed by atoms with E-state index in [9.17, 15) is 4.79 Å². The molecule has 23 heavy (non-hydrogen) atoms. The maximum atomic E-state index is 12.3. The normalized spacial score (nSPS) is 28.4. The van der Waals surface area contributed by atoms with Gasteiger partial charge in [0.05, 0.1) is 13.2 Å². The number of rotatable bonds is 2. The number of hydrogen-bond acceptors (Lipinski definition) is 4. The monoisotopic (exact) mass is 318 g/mol. The number of likely N-dealkylation sites (tertiary alicyclic amines) is 1. The van der Waals surface area contributed by atoms with Gasteiger partial charge < -0.3 is 19.7 Å². The first-order valence-corrected chi connectivity index (χ1v) is 8.48. The van der Waals surface area contributed by atoms with Crippen LogP contribution in [0, 0.1) is 0 Å². The smallest absolute Gasteiger partial charge is 0.410 e. The van der Waals surface area contributed by atoms with E-state index in [1.807, 2.05) is 35.2 Å². The third-order valence-corrected chi connectivity index (χ3v) is 4.71. The molecular weight excluding hydrogens is 292 g/mol. The molecule has 0 unspecified atom stereocenters. The summed E-state index contributed by atoms with van der Waals surface area (Å²) in [6.07, 6.45) is 2.72. The van der Waals surface area contributed by atoms with Gasteiger partial charge in [-0.2, -0.15) is 0 Å². The molecule has 2 saturated heterocycles. The molecule has 2 atom stereocenters. The number of carbonyl (C=O) groups excluding carboxylic acids is 1. The van der Waals surface area contributed by atoms with Gasteiger partial charge in [0.15, 0.2) is 0 Å². The number of amides is 1. The van der Waals surface area contributed by atoms with E-state index in [2.05, 4.69) is 12.2 Å². The Morgan fingerprint density at radius 1 is 1.35 bits per heavy atom. The molecule has 0 radical (unpaired) electrons. The summed E-state index contributed by atoms with van der Waals surface area (Å²) in [5.41, 5.74) is 1.04. The number of hydrogen-bond donors (Lipinski definition) is 1. The van der Waals surface area contributed by atoms with Gasteiger partial charge in [0.1, 0.15) is 6.61 Å². The number of morpholine rings is 1. The van der Waals surface area contributed by atoms with Gasteiger partial charge in [0, 0.05) is 24.7 Å². The molecule has 1 N–H and O–H groups in total. The number of benzene rings is 1. The van der Waals surface area contributed by atoms with Gasteiger partial charge >= 0.3 is 6.09 Å². The first-order chi connectivity index (χ1) is 11.2. The van der Waals surface area contributed by atoms with Crippen LogP contribution in [0.4, 0.5) is 4.79 Å². The lowest BCUT2D eigenvalue weighted by Crippen LogP contribution is -2.58. The Labute approximate surface area is 137 Å². The van der Waals surface area contributed by atoms with Crippen molar-refractivity contribution in [1.29, 1.82) is 0 Å². The number of nitrogens with one attached hydrogen (secondary N) is 1. The van der Waals surface area contributed by atoms with Crippen molar-refractivity contribution in [2.45, 2.75) is 44.4 Å². The standard InChI is InChI=1S/C18H26N2O3/c1-15-12-22-14-18(19-15)8-5-10-20(11-9-18)17(21)23-13-16-6-3-2-4-7-16/h2-4,6-7,15,19H,5,8-14H2,1H3/t15-,18-/m1/s1. The molecule has 0 saturated carbocycles. The fourth-order valence-corrected chi connectivity index (χ4v) is 3.51. The van der Waals surface area contributed by atoms with Gasteiger partial charge in [-0.05, 0) is 31.7 Å². The number of ether oxygens (including phenoxy) is 2. The van der Waals surface area contributed by atoms with E-state index in [0.29, 0.717) is 12.6 Å². The molecule has 5 nitrogen and oxygen atoms in total. The Balaban J connectivity index is 1.52. The summed E-state index contributed by atoms with van der Waals surface area (Å²) in [6, 6.07) is 10.2. The molecule has 1 aromatic carbocycles. The van der Waals surface area contributed by atoms with Crippen LogP contribution in [0.15, 0.2) is 30.3 Å². The van der Waals surface area contributed by atoms with Gasteiger partial charge in [-0.15, -0.1) is 0 Å². The zero-order valence-electron chi connectivity index (χ0n) is 13.8. The van der Waals surface area contributed by atoms with Gasteiger partial charge in [0.2, 0.25) is 0 Å². The van der Waals surface area contributed by atoms with Crippen LogP contribution in [0.1, 0.15) is 31.7 Å². The van der Waals surface area contributed by atoms with E-state index in [-0.39, 0.29) is 11.6 Å². The maximum absolute atomic E-state index is 12.3. The van der Waals surface area contributed by atoms with Crippen LogP contribution in [-0.4, -0.2) is 48.9 Å². The molecule has 1 spiro atoms. The van der Waals surface area contributed by atoms with Gasteiger partial charge in [-0.1, -0.05) is 30.3 Å². The highest BCUT2D eigenvalue weighted by Gasteiger charge is 2.37. The third kappa shape index (κ3) is 4.24. The van der Waals surface area contributed by atoms with Crippen molar-refractivity contribution in [1.82, 2.24) is 10.2 Å². The topological polar surface area (TPSA) is 50.8 Å². The van der Waals surface area contributed by atoms with E-state index in [1.54, 1.807) is 0 Å². The lowest BCUT2D eigenvalue weighted by atomic mass is 9.89. The second kappa shape index (κ2) is 7.32. The summed E-state index contributed by atoms with van der Waals surface area (Å²) in [5, 5.41) is 3.69. The van der Waals surface area contributed by atoms with Gasteiger partial charge in [0.25, 0.3) is 0 Å². The van der Waals surface area contributed by atoms with Gasteiger partial charge in [-0.3, -0.25) is 0 Å². The molecular formula is C18H26N2O3. The molecule has 5 heteroatoms. The lowest BCUT2D eigenvalue weighted by molar-refractivity contribution is -0.00363. The van der Waals surface area contributed by atoms with Crippen LogP contribution < -0.4 is 5.32 Å². The lowest BCUT2D eigenvalue weighted by Gasteiger charge is -2.40. The predicted octanol–water partition coefficient (Wildman–Crippen LogP) is 2.56. The van der Waals surface area contributed by atoms with Crippen LogP contribution in [-0.2, 0) is 16.1 Å². The molecule has 2 aliphatic heterocycles. The van der Waals surface area contributed by atoms with Crippen molar-refractivity contribution < 1.29 is 14.3 Å². The quantitative estimate of drug-likeness (QED) is 0.910. The fraction of sp³-hybridized carbons (Fsp3) is 0.611. The van der Waals surface area contributed by atoms with Crippen molar-refractivity contribution >= 4 is 6.09 Å². The largest absolute Gasteiger partial charge is 0.445 e. The van der Waals surface area contributed by atoms with Crippen molar-refractivity contribution in [3.63, 3.8) is 0 Å². The predicted molar refractivity (Wildman–Crippen MR) is 88.2 cm³/mol. The number of carbonyl (C=O) groups is 1. The maximum Gasteiger partial charge on any atom is 0.410 e. The Morgan fingerprint density at radius 3 is 2.96 bits per heavy atom. The summed E-state index contributed by atoms with van der Waals surface area (Å²) in [6.45, 7) is 5.47. The minimum Gasteiger partial charge on any atom is -0.445 e. The van der Waals surface area contributed by atoms with Crippen LogP contribution in [0.2, 0.25) is 0 Å². The van der Waals surface area contributed by atoms with E-state index in [0.717, 1.165) is 51.1 Å². The summed E-state index contributed by atoms with van der Waals surface area (Å²) < 4.78 is 11.2. The molecule has 0 aliphatic carbocycles. The minimum absolute atomic E-state index is 0.0200. The highest BCUT2D eigenvalue weighted by Crippen LogP contribution is 2.26. The highest BCUT2D eigenvalue weighted by atomic mass is 16.6. The SMILES string of the molecule is C[C@@H]1COC[C@]2(CCCN(C(=O)OCc3ccccc3)CC2)N1. The first kappa shape index (κ1) is 16.3. The summed E-state index contributed by atoms with van der Waals surface area (Å²) in [7, 11) is 0. The Kier molecular flexibility index (Phi) is 5.18. The first-order valence-electron chi connectivity index (χ1n) is 8.48. The summed E-state index contributed by atoms with van der Waals surface area (Å²) in [4.78, 5) is 14.1. The fourth-order valence-electron chi connectivity index (χ4n) is 3.51. The third-order valence-electron chi connectivity index (χ3n) is 4.71. The van der Waals surface area contributed by atoms with E-state index in [4.69, 9.17) is 9.47 Å². The second-order valence-electron chi connectivity index (χ2n) is 6.72. The second-order valence-corrected chi connectivity index (χ2v) is 6.72. The van der Waals surface area contributed by atoms with E-state index < -0.39 is 0 Å². The molecule has 1 amide bonds. The van der Waals surface area contributed by atoms with Gasteiger partial charge in [-0.25, -0.2) is 4.79 Å². The average molecular weight is 318 g/mol. The van der Waals surface area contributed by atoms with Crippen molar-refractivity contribution in [3.05, 3.63) is 35.9 Å². The van der Waals surface area contributed by atoms with E-state index >= 15 is 0 Å². The Morgan fingerprint density at radius 2 is 2.17 bits per heavy atom. The number of nitrogens with zero attached hydrogens (tertiary/aromatic N) is 1. The molecule has 126 valence electrons. The molecule has 2 aliphatic rings. The zero-order chi connectivity index (χ0) is 16.1. The molecule has 1 aromatic rings. The van der Waals surface area contributed by atoms with Crippen LogP contribution in [0.3, 0.4) is 0 Å². The zero-order valence-corrected chi connectivity index (χ0v) is 13.8. The van der Waals surface area contributed by atoms with Crippen molar-refractivity contribution in [2.75, 3.05) is 26.3 Å². The molecule has 2 heterocycles. The molecule has 0 bridgehead atoms. The van der Waals surface area contributed by atoms with Crippen molar-refractivity contribution in [2.24, 2.45) is 0 Å². The summed E-state index contributed by atoms with van der Waals surface area (Å²) >= 11 is 0. The summed E-state index contributed by atoms with van der Waals surface area (Å²) in [5.74, 6) is 0.